The summed E-state index contributed by atoms with van der Waals surface area (Å²) >= 11 is 0. The van der Waals surface area contributed by atoms with Crippen LogP contribution in [0.5, 0.6) is 0 Å². The maximum Gasteiger partial charge on any atom is 0.268 e. The largest absolute Gasteiger partial charge is 0.402 e. The average molecular weight is 586 g/mol. The Morgan fingerprint density at radius 2 is 1.86 bits per heavy atom. The molecular weight excluding hydrogens is 546 g/mol. The molecule has 2 aromatic rings. The Morgan fingerprint density at radius 1 is 1.16 bits per heavy atom. The topological polar surface area (TPSA) is 119 Å². The Hall–Kier alpha value is -5.73. The lowest BCUT2D eigenvalue weighted by Gasteiger charge is -2.28. The number of terminal acetylenes is 1. The summed E-state index contributed by atoms with van der Waals surface area (Å²) in [6.07, 6.45) is 10.3. The van der Waals surface area contributed by atoms with Gasteiger partial charge in [0.2, 0.25) is 0 Å². The second kappa shape index (κ2) is 14.9. The molecule has 8 nitrogen and oxygen atoms in total. The maximum atomic E-state index is 13.4. The SMILES string of the molecule is C#CC(=C)/C=C(\C)NCc1cc(CNC(=C)C2=N/C(=C/N)N(C)C(C(=O)NC(C)c3ccc(C(=C)C#N)cc3)=C2)ccc1C. The maximum absolute atomic E-state index is 13.4. The molecule has 0 aliphatic carbocycles. The Balaban J connectivity index is 1.70. The molecule has 0 saturated carbocycles. The molecule has 3 rings (SSSR count). The molecule has 8 heteroatoms. The minimum absolute atomic E-state index is 0.295. The minimum Gasteiger partial charge on any atom is -0.402 e. The van der Waals surface area contributed by atoms with Gasteiger partial charge in [-0.15, -0.1) is 6.42 Å². The summed E-state index contributed by atoms with van der Waals surface area (Å²) in [4.78, 5) is 19.6. The lowest BCUT2D eigenvalue weighted by molar-refractivity contribution is -0.119. The van der Waals surface area contributed by atoms with E-state index in [1.54, 1.807) is 18.0 Å². The van der Waals surface area contributed by atoms with Gasteiger partial charge in [0.1, 0.15) is 11.5 Å². The molecule has 1 amide bonds. The number of hydrogen-bond donors (Lipinski definition) is 4. The van der Waals surface area contributed by atoms with E-state index in [2.05, 4.69) is 71.7 Å². The molecular formula is C36H39N7O. The number of carbonyl (C=O) groups is 1. The van der Waals surface area contributed by atoms with Crippen molar-refractivity contribution in [1.82, 2.24) is 20.9 Å². The van der Waals surface area contributed by atoms with Crippen LogP contribution in [0.3, 0.4) is 0 Å². The first-order valence-electron chi connectivity index (χ1n) is 14.0. The van der Waals surface area contributed by atoms with Gasteiger partial charge in [0, 0.05) is 37.6 Å². The number of benzene rings is 2. The quantitative estimate of drug-likeness (QED) is 0.154. The second-order valence-corrected chi connectivity index (χ2v) is 10.5. The highest BCUT2D eigenvalue weighted by molar-refractivity contribution is 6.13. The highest BCUT2D eigenvalue weighted by Crippen LogP contribution is 2.22. The third-order valence-electron chi connectivity index (χ3n) is 7.20. The summed E-state index contributed by atoms with van der Waals surface area (Å²) in [6.45, 7) is 18.8. The van der Waals surface area contributed by atoms with Crippen LogP contribution in [0.15, 0.2) is 114 Å². The zero-order valence-electron chi connectivity index (χ0n) is 25.8. The third kappa shape index (κ3) is 8.40. The van der Waals surface area contributed by atoms with Crippen molar-refractivity contribution in [3.8, 4) is 18.4 Å². The van der Waals surface area contributed by atoms with Crippen LogP contribution in [-0.2, 0) is 17.9 Å². The average Bonchev–Trinajstić information content (AvgIpc) is 3.03. The van der Waals surface area contributed by atoms with Crippen molar-refractivity contribution in [2.75, 3.05) is 7.05 Å². The van der Waals surface area contributed by atoms with Gasteiger partial charge in [0.15, 0.2) is 0 Å². The lowest BCUT2D eigenvalue weighted by Crippen LogP contribution is -2.37. The van der Waals surface area contributed by atoms with Crippen LogP contribution in [0.1, 0.15) is 47.7 Å². The standard InChI is InChI=1S/C36H39N7O/c1-9-23(2)16-26(5)39-22-32-17-29(11-10-24(32)3)21-40-28(7)33-18-34(43(8)35(20-38)42-33)36(44)41-27(6)31-14-12-30(13-15-31)25(4)19-37/h1,10-18,20,27,39-40H,2,4,7,21-22,38H2,3,5-6,8H3,(H,41,44)/b26-16+,35-20-. The van der Waals surface area contributed by atoms with Crippen LogP contribution in [0.4, 0.5) is 0 Å². The van der Waals surface area contributed by atoms with Gasteiger partial charge in [-0.05, 0) is 60.7 Å². The zero-order valence-corrected chi connectivity index (χ0v) is 25.8. The summed E-state index contributed by atoms with van der Waals surface area (Å²) in [5.41, 5.74) is 14.2. The molecule has 1 unspecified atom stereocenters. The van der Waals surface area contributed by atoms with Crippen molar-refractivity contribution in [3.05, 3.63) is 137 Å². The van der Waals surface area contributed by atoms with Crippen molar-refractivity contribution in [2.24, 2.45) is 10.7 Å². The number of nitriles is 1. The number of carbonyl (C=O) groups excluding carboxylic acids is 1. The van der Waals surface area contributed by atoms with E-state index in [1.165, 1.54) is 6.20 Å². The van der Waals surface area contributed by atoms with Crippen LogP contribution in [0.25, 0.3) is 5.57 Å². The molecule has 5 N–H and O–H groups in total. The van der Waals surface area contributed by atoms with Crippen LogP contribution in [0, 0.1) is 30.6 Å². The first kappa shape index (κ1) is 32.8. The Labute approximate surface area is 260 Å². The van der Waals surface area contributed by atoms with Crippen LogP contribution < -0.4 is 21.7 Å². The fraction of sp³-hybridized carbons (Fsp3) is 0.194. The number of hydrogen-bond acceptors (Lipinski definition) is 7. The molecule has 0 radical (unpaired) electrons. The molecule has 0 aromatic heterocycles. The molecule has 1 aliphatic heterocycles. The molecule has 0 fully saturated rings. The molecule has 224 valence electrons. The normalized spacial score (nSPS) is 14.4. The summed E-state index contributed by atoms with van der Waals surface area (Å²) in [6, 6.07) is 15.4. The number of allylic oxidation sites excluding steroid dienone is 5. The predicted octanol–water partition coefficient (Wildman–Crippen LogP) is 5.22. The predicted molar refractivity (Wildman–Crippen MR) is 179 cm³/mol. The number of aryl methyl sites for hydroxylation is 1. The molecule has 1 atom stereocenters. The van der Waals surface area contributed by atoms with Crippen molar-refractivity contribution in [3.63, 3.8) is 0 Å². The van der Waals surface area contributed by atoms with Gasteiger partial charge in [-0.25, -0.2) is 4.99 Å². The van der Waals surface area contributed by atoms with Gasteiger partial charge < -0.3 is 26.6 Å². The Kier molecular flexibility index (Phi) is 11.1. The Bertz CT molecular complexity index is 1670. The summed E-state index contributed by atoms with van der Waals surface area (Å²) in [5.74, 6) is 2.64. The van der Waals surface area contributed by atoms with Crippen LogP contribution in [0.2, 0.25) is 0 Å². The number of nitrogens with zero attached hydrogens (tertiary/aromatic N) is 3. The number of rotatable bonds is 12. The molecule has 1 heterocycles. The van der Waals surface area contributed by atoms with Gasteiger partial charge in [0.25, 0.3) is 5.91 Å². The molecule has 44 heavy (non-hydrogen) atoms. The number of amides is 1. The molecule has 1 aliphatic rings. The van der Waals surface area contributed by atoms with Crippen LogP contribution >= 0.6 is 0 Å². The van der Waals surface area contributed by atoms with E-state index < -0.39 is 0 Å². The van der Waals surface area contributed by atoms with Gasteiger partial charge in [-0.1, -0.05) is 68.1 Å². The van der Waals surface area contributed by atoms with E-state index in [0.29, 0.717) is 47.2 Å². The lowest BCUT2D eigenvalue weighted by atomic mass is 10.0. The van der Waals surface area contributed by atoms with Crippen LogP contribution in [-0.4, -0.2) is 23.6 Å². The number of nitrogens with one attached hydrogen (secondary N) is 3. The van der Waals surface area contributed by atoms with Crippen molar-refractivity contribution >= 4 is 17.2 Å². The fourth-order valence-electron chi connectivity index (χ4n) is 4.41. The highest BCUT2D eigenvalue weighted by atomic mass is 16.2. The van der Waals surface area contributed by atoms with E-state index in [1.807, 2.05) is 50.3 Å². The number of aliphatic imine (C=N–C) groups is 1. The minimum atomic E-state index is -0.296. The first-order valence-corrected chi connectivity index (χ1v) is 14.0. The second-order valence-electron chi connectivity index (χ2n) is 10.5. The summed E-state index contributed by atoms with van der Waals surface area (Å²) in [7, 11) is 1.73. The monoisotopic (exact) mass is 585 g/mol. The molecule has 2 aromatic carbocycles. The number of likely N-dealkylation sites (N-methyl/N-ethyl adjacent to an activating group) is 1. The van der Waals surface area contributed by atoms with Crippen molar-refractivity contribution in [2.45, 2.75) is 39.9 Å². The molecule has 0 saturated heterocycles. The van der Waals surface area contributed by atoms with Gasteiger partial charge in [-0.2, -0.15) is 5.26 Å². The van der Waals surface area contributed by atoms with E-state index >= 15 is 0 Å². The summed E-state index contributed by atoms with van der Waals surface area (Å²) < 4.78 is 0. The van der Waals surface area contributed by atoms with E-state index in [0.717, 1.165) is 33.5 Å². The van der Waals surface area contributed by atoms with E-state index in [9.17, 15) is 4.79 Å². The Morgan fingerprint density at radius 3 is 2.50 bits per heavy atom. The van der Waals surface area contributed by atoms with Crippen molar-refractivity contribution in [1.29, 1.82) is 5.26 Å². The van der Waals surface area contributed by atoms with Gasteiger partial charge in [-0.3, -0.25) is 4.79 Å². The third-order valence-corrected chi connectivity index (χ3v) is 7.20. The summed E-state index contributed by atoms with van der Waals surface area (Å²) in [5, 5.41) is 18.8. The fourth-order valence-corrected chi connectivity index (χ4v) is 4.41. The van der Waals surface area contributed by atoms with Gasteiger partial charge >= 0.3 is 0 Å². The zero-order chi connectivity index (χ0) is 32.4. The van der Waals surface area contributed by atoms with Gasteiger partial charge in [0.05, 0.1) is 29.1 Å². The van der Waals surface area contributed by atoms with Crippen molar-refractivity contribution < 1.29 is 4.79 Å². The van der Waals surface area contributed by atoms with E-state index in [-0.39, 0.29) is 11.9 Å². The molecule has 0 spiro atoms. The first-order chi connectivity index (χ1) is 21.0. The van der Waals surface area contributed by atoms with E-state index in [4.69, 9.17) is 17.4 Å². The highest BCUT2D eigenvalue weighted by Gasteiger charge is 2.24. The smallest absolute Gasteiger partial charge is 0.268 e. The molecule has 0 bridgehead atoms. The number of nitrogens with two attached hydrogens (primary N) is 1.